The van der Waals surface area contributed by atoms with Gasteiger partial charge in [-0.1, -0.05) is 30.7 Å². The average molecular weight is 291 g/mol. The van der Waals surface area contributed by atoms with E-state index in [0.29, 0.717) is 18.1 Å². The first-order chi connectivity index (χ1) is 8.04. The van der Waals surface area contributed by atoms with Crippen molar-refractivity contribution in [3.05, 3.63) is 34.9 Å². The molecule has 0 aliphatic heterocycles. The largest absolute Gasteiger partial charge is 0.341 e. The van der Waals surface area contributed by atoms with E-state index in [1.54, 1.807) is 4.90 Å². The van der Waals surface area contributed by atoms with E-state index in [0.717, 1.165) is 5.56 Å². The van der Waals surface area contributed by atoms with Crippen LogP contribution in [0.15, 0.2) is 24.3 Å². The molecule has 102 valence electrons. The fraction of sp³-hybridized carbons (Fsp3) is 0.462. The van der Waals surface area contributed by atoms with Crippen molar-refractivity contribution in [2.75, 3.05) is 20.6 Å². The Balaban J connectivity index is 0.00000289. The van der Waals surface area contributed by atoms with Crippen molar-refractivity contribution in [1.29, 1.82) is 0 Å². The third-order valence-corrected chi connectivity index (χ3v) is 2.89. The lowest BCUT2D eigenvalue weighted by molar-refractivity contribution is -0.134. The molecule has 1 atom stereocenters. The molecule has 0 spiro atoms. The highest BCUT2D eigenvalue weighted by Gasteiger charge is 2.16. The van der Waals surface area contributed by atoms with Gasteiger partial charge in [-0.15, -0.1) is 12.4 Å². The highest BCUT2D eigenvalue weighted by Crippen LogP contribution is 2.12. The van der Waals surface area contributed by atoms with Gasteiger partial charge in [0.1, 0.15) is 0 Å². The number of amides is 1. The third-order valence-electron chi connectivity index (χ3n) is 2.64. The number of carbonyl (C=O) groups excluding carboxylic acids is 1. The molecule has 0 bridgehead atoms. The Labute approximate surface area is 120 Å². The van der Waals surface area contributed by atoms with Crippen molar-refractivity contribution in [3.63, 3.8) is 0 Å². The van der Waals surface area contributed by atoms with E-state index < -0.39 is 0 Å². The van der Waals surface area contributed by atoms with Gasteiger partial charge >= 0.3 is 0 Å². The molecular formula is C13H20Cl2N2O. The maximum Gasteiger partial charge on any atom is 0.226 e. The second-order valence-electron chi connectivity index (χ2n) is 4.28. The monoisotopic (exact) mass is 290 g/mol. The fourth-order valence-electron chi connectivity index (χ4n) is 1.71. The molecule has 3 nitrogen and oxygen atoms in total. The normalized spacial score (nSPS) is 11.6. The summed E-state index contributed by atoms with van der Waals surface area (Å²) < 4.78 is 0. The predicted molar refractivity (Wildman–Crippen MR) is 78.3 cm³/mol. The Morgan fingerprint density at radius 3 is 2.44 bits per heavy atom. The lowest BCUT2D eigenvalue weighted by atomic mass is 10.1. The van der Waals surface area contributed by atoms with E-state index in [9.17, 15) is 4.79 Å². The van der Waals surface area contributed by atoms with Crippen molar-refractivity contribution in [2.24, 2.45) is 5.92 Å². The topological polar surface area (TPSA) is 32.3 Å². The molecule has 0 aliphatic rings. The summed E-state index contributed by atoms with van der Waals surface area (Å²) >= 11 is 5.81. The summed E-state index contributed by atoms with van der Waals surface area (Å²) in [7, 11) is 3.67. The quantitative estimate of drug-likeness (QED) is 0.904. The minimum Gasteiger partial charge on any atom is -0.341 e. The Morgan fingerprint density at radius 1 is 1.39 bits per heavy atom. The molecule has 5 heteroatoms. The number of benzene rings is 1. The lowest BCUT2D eigenvalue weighted by Gasteiger charge is -2.21. The summed E-state index contributed by atoms with van der Waals surface area (Å²) in [6, 6.07) is 7.56. The number of rotatable bonds is 5. The number of hydrogen-bond acceptors (Lipinski definition) is 2. The van der Waals surface area contributed by atoms with E-state index in [1.165, 1.54) is 0 Å². The van der Waals surface area contributed by atoms with E-state index >= 15 is 0 Å². The maximum absolute atomic E-state index is 12.0. The molecule has 0 saturated heterocycles. The molecular weight excluding hydrogens is 271 g/mol. The van der Waals surface area contributed by atoms with Gasteiger partial charge in [0, 0.05) is 31.1 Å². The van der Waals surface area contributed by atoms with Gasteiger partial charge in [-0.25, -0.2) is 0 Å². The summed E-state index contributed by atoms with van der Waals surface area (Å²) in [5, 5.41) is 3.72. The highest BCUT2D eigenvalue weighted by molar-refractivity contribution is 6.30. The standard InChI is InChI=1S/C13H19ClN2O.ClH/c1-10(8-15-2)13(17)16(3)9-11-4-6-12(14)7-5-11;/h4-7,10,15H,8-9H2,1-3H3;1H. The summed E-state index contributed by atoms with van der Waals surface area (Å²) in [4.78, 5) is 13.7. The zero-order valence-electron chi connectivity index (χ0n) is 10.9. The second kappa shape index (κ2) is 8.35. The summed E-state index contributed by atoms with van der Waals surface area (Å²) in [6.07, 6.45) is 0. The maximum atomic E-state index is 12.0. The van der Waals surface area contributed by atoms with Crippen molar-refractivity contribution < 1.29 is 4.79 Å². The van der Waals surface area contributed by atoms with Crippen LogP contribution in [-0.2, 0) is 11.3 Å². The summed E-state index contributed by atoms with van der Waals surface area (Å²) in [6.45, 7) is 3.24. The molecule has 0 aliphatic carbocycles. The number of halogens is 2. The predicted octanol–water partition coefficient (Wildman–Crippen LogP) is 2.58. The van der Waals surface area contributed by atoms with Crippen LogP contribution in [0.25, 0.3) is 0 Å². The minimum absolute atomic E-state index is 0. The number of nitrogens with one attached hydrogen (secondary N) is 1. The average Bonchev–Trinajstić information content (AvgIpc) is 2.31. The molecule has 0 saturated carbocycles. The van der Waals surface area contributed by atoms with Gasteiger partial charge in [0.25, 0.3) is 0 Å². The van der Waals surface area contributed by atoms with E-state index in [4.69, 9.17) is 11.6 Å². The Hall–Kier alpha value is -0.770. The van der Waals surface area contributed by atoms with Gasteiger partial charge in [0.05, 0.1) is 0 Å². The number of hydrogen-bond donors (Lipinski definition) is 1. The minimum atomic E-state index is -0.00250. The number of carbonyl (C=O) groups is 1. The van der Waals surface area contributed by atoms with Gasteiger partial charge < -0.3 is 10.2 Å². The molecule has 1 aromatic carbocycles. The van der Waals surface area contributed by atoms with Gasteiger partial charge in [-0.2, -0.15) is 0 Å². The highest BCUT2D eigenvalue weighted by atomic mass is 35.5. The van der Waals surface area contributed by atoms with Gasteiger partial charge in [-0.3, -0.25) is 4.79 Å². The molecule has 0 radical (unpaired) electrons. The smallest absolute Gasteiger partial charge is 0.226 e. The van der Waals surface area contributed by atoms with Crippen LogP contribution in [0.3, 0.4) is 0 Å². The van der Waals surface area contributed by atoms with Crippen LogP contribution < -0.4 is 5.32 Å². The Morgan fingerprint density at radius 2 is 1.94 bits per heavy atom. The van der Waals surface area contributed by atoms with Crippen molar-refractivity contribution in [1.82, 2.24) is 10.2 Å². The van der Waals surface area contributed by atoms with Gasteiger partial charge in [0.2, 0.25) is 5.91 Å². The zero-order valence-corrected chi connectivity index (χ0v) is 12.5. The fourth-order valence-corrected chi connectivity index (χ4v) is 1.84. The van der Waals surface area contributed by atoms with Crippen LogP contribution in [-0.4, -0.2) is 31.4 Å². The first-order valence-electron chi connectivity index (χ1n) is 5.68. The van der Waals surface area contributed by atoms with Crippen LogP contribution in [0.5, 0.6) is 0 Å². The van der Waals surface area contributed by atoms with Crippen LogP contribution in [0, 0.1) is 5.92 Å². The van der Waals surface area contributed by atoms with Crippen molar-refractivity contribution in [3.8, 4) is 0 Å². The second-order valence-corrected chi connectivity index (χ2v) is 4.72. The van der Waals surface area contributed by atoms with E-state index in [-0.39, 0.29) is 24.2 Å². The van der Waals surface area contributed by atoms with Gasteiger partial charge in [-0.05, 0) is 24.7 Å². The molecule has 1 amide bonds. The molecule has 0 aromatic heterocycles. The SMILES string of the molecule is CNCC(C)C(=O)N(C)Cc1ccc(Cl)cc1.Cl. The summed E-state index contributed by atoms with van der Waals surface area (Å²) in [5.41, 5.74) is 1.09. The van der Waals surface area contributed by atoms with Crippen LogP contribution >= 0.6 is 24.0 Å². The van der Waals surface area contributed by atoms with E-state index in [1.807, 2.05) is 45.3 Å². The first kappa shape index (κ1) is 17.2. The van der Waals surface area contributed by atoms with E-state index in [2.05, 4.69) is 5.32 Å². The number of nitrogens with zero attached hydrogens (tertiary/aromatic N) is 1. The molecule has 1 aromatic rings. The molecule has 1 unspecified atom stereocenters. The summed E-state index contributed by atoms with van der Waals surface area (Å²) in [5.74, 6) is 0.145. The molecule has 18 heavy (non-hydrogen) atoms. The Kier molecular flexibility index (Phi) is 8.00. The lowest BCUT2D eigenvalue weighted by Crippen LogP contribution is -2.35. The van der Waals surface area contributed by atoms with Crippen molar-refractivity contribution >= 4 is 29.9 Å². The van der Waals surface area contributed by atoms with Crippen LogP contribution in [0.4, 0.5) is 0 Å². The van der Waals surface area contributed by atoms with Crippen LogP contribution in [0.2, 0.25) is 5.02 Å². The van der Waals surface area contributed by atoms with Crippen molar-refractivity contribution in [2.45, 2.75) is 13.5 Å². The first-order valence-corrected chi connectivity index (χ1v) is 6.06. The molecule has 0 heterocycles. The molecule has 0 fully saturated rings. The van der Waals surface area contributed by atoms with Crippen LogP contribution in [0.1, 0.15) is 12.5 Å². The molecule has 1 rings (SSSR count). The zero-order chi connectivity index (χ0) is 12.8. The molecule has 1 N–H and O–H groups in total. The van der Waals surface area contributed by atoms with Gasteiger partial charge in [0.15, 0.2) is 0 Å². The third kappa shape index (κ3) is 5.25. The Bertz CT molecular complexity index is 368.